The number of amides is 1. The molecule has 1 aromatic heterocycles. The van der Waals surface area contributed by atoms with E-state index in [1.165, 1.54) is 23.5 Å². The number of rotatable bonds is 6. The molecule has 0 spiro atoms. The van der Waals surface area contributed by atoms with Crippen molar-refractivity contribution in [1.82, 2.24) is 4.72 Å². The molecule has 7 nitrogen and oxygen atoms in total. The van der Waals surface area contributed by atoms with E-state index in [0.29, 0.717) is 5.56 Å². The first kappa shape index (κ1) is 24.3. The minimum Gasteiger partial charge on any atom is -0.481 e. The number of benzene rings is 2. The number of carbonyl (C=O) groups excluding carboxylic acids is 1. The van der Waals surface area contributed by atoms with Gasteiger partial charge in [-0.1, -0.05) is 35.9 Å². The number of anilines is 1. The van der Waals surface area contributed by atoms with Gasteiger partial charge in [-0.15, -0.1) is 11.3 Å². The first-order valence-corrected chi connectivity index (χ1v) is 13.1. The van der Waals surface area contributed by atoms with Crippen LogP contribution in [-0.4, -0.2) is 31.2 Å². The number of hydrogen-bond donors (Lipinski definition) is 3. The van der Waals surface area contributed by atoms with Crippen molar-refractivity contribution in [3.05, 3.63) is 75.9 Å². The van der Waals surface area contributed by atoms with Crippen LogP contribution in [-0.2, 0) is 26.0 Å². The number of carboxylic acids is 1. The van der Waals surface area contributed by atoms with Crippen molar-refractivity contribution in [2.75, 3.05) is 11.1 Å². The Bertz CT molecular complexity index is 1340. The molecule has 1 aliphatic rings. The van der Waals surface area contributed by atoms with Gasteiger partial charge in [-0.25, -0.2) is 17.5 Å². The lowest BCUT2D eigenvalue weighted by molar-refractivity contribution is -0.136. The molecule has 2 atom stereocenters. The standard InChI is InChI=1S/C23H20ClFN2O5S2/c24-17-11-16(5-6-18(17)25)26-23(30)15-10-19(27-34(31,32)12-15)21-8-7-20(33-21)14-3-1-13(2-4-14)9-22(28)29/h1-8,11,15,19,27H,9-10,12H2,(H,26,30)(H,28,29)/t15-,19-/m0/s1. The SMILES string of the molecule is O=C(O)Cc1ccc(-c2ccc([C@@H]3C[C@H](C(=O)Nc4ccc(F)c(Cl)c4)CS(=O)(=O)N3)s2)cc1. The fourth-order valence-corrected chi connectivity index (χ4v) is 6.66. The zero-order valence-electron chi connectivity index (χ0n) is 17.6. The van der Waals surface area contributed by atoms with Crippen molar-refractivity contribution in [2.24, 2.45) is 5.92 Å². The fourth-order valence-electron chi connectivity index (χ4n) is 3.76. The van der Waals surface area contributed by atoms with E-state index in [-0.39, 0.29) is 29.3 Å². The van der Waals surface area contributed by atoms with Gasteiger partial charge in [0.15, 0.2) is 0 Å². The monoisotopic (exact) mass is 522 g/mol. The number of nitrogens with one attached hydrogen (secondary N) is 2. The first-order chi connectivity index (χ1) is 16.1. The van der Waals surface area contributed by atoms with Gasteiger partial charge < -0.3 is 10.4 Å². The van der Waals surface area contributed by atoms with Gasteiger partial charge >= 0.3 is 5.97 Å². The fraction of sp³-hybridized carbons (Fsp3) is 0.217. The van der Waals surface area contributed by atoms with Gasteiger partial charge in [-0.2, -0.15) is 0 Å². The molecule has 3 aromatic rings. The van der Waals surface area contributed by atoms with E-state index in [2.05, 4.69) is 10.0 Å². The third-order valence-corrected chi connectivity index (χ3v) is 8.41. The normalized spacial score (nSPS) is 19.5. The van der Waals surface area contributed by atoms with Crippen molar-refractivity contribution in [2.45, 2.75) is 18.9 Å². The molecule has 0 bridgehead atoms. The molecule has 1 fully saturated rings. The van der Waals surface area contributed by atoms with E-state index in [9.17, 15) is 22.4 Å². The van der Waals surface area contributed by atoms with E-state index in [1.807, 2.05) is 24.3 Å². The van der Waals surface area contributed by atoms with Gasteiger partial charge in [0.1, 0.15) is 5.82 Å². The molecule has 2 aromatic carbocycles. The summed E-state index contributed by atoms with van der Waals surface area (Å²) in [5.41, 5.74) is 1.85. The molecule has 0 saturated carbocycles. The number of aliphatic carboxylic acids is 1. The van der Waals surface area contributed by atoms with Crippen LogP contribution < -0.4 is 10.0 Å². The zero-order chi connectivity index (χ0) is 24.5. The first-order valence-electron chi connectivity index (χ1n) is 10.3. The molecule has 4 rings (SSSR count). The second-order valence-electron chi connectivity index (χ2n) is 7.97. The summed E-state index contributed by atoms with van der Waals surface area (Å²) < 4.78 is 41.0. The quantitative estimate of drug-likeness (QED) is 0.442. The molecule has 0 radical (unpaired) electrons. The predicted molar refractivity (Wildman–Crippen MR) is 129 cm³/mol. The minimum atomic E-state index is -3.70. The molecule has 1 aliphatic heterocycles. The molecule has 11 heteroatoms. The van der Waals surface area contributed by atoms with Gasteiger partial charge in [0, 0.05) is 15.4 Å². The van der Waals surface area contributed by atoms with Crippen molar-refractivity contribution >= 4 is 50.5 Å². The molecule has 34 heavy (non-hydrogen) atoms. The van der Waals surface area contributed by atoms with Crippen molar-refractivity contribution < 1.29 is 27.5 Å². The van der Waals surface area contributed by atoms with Crippen LogP contribution in [0.4, 0.5) is 10.1 Å². The Balaban J connectivity index is 1.49. The van der Waals surface area contributed by atoms with Crippen LogP contribution in [0.15, 0.2) is 54.6 Å². The van der Waals surface area contributed by atoms with E-state index in [1.54, 1.807) is 12.1 Å². The highest BCUT2D eigenvalue weighted by atomic mass is 35.5. The van der Waals surface area contributed by atoms with Crippen LogP contribution in [0.3, 0.4) is 0 Å². The Hall–Kier alpha value is -2.79. The average Bonchev–Trinajstić information content (AvgIpc) is 3.26. The number of carbonyl (C=O) groups is 2. The van der Waals surface area contributed by atoms with Gasteiger partial charge in [0.2, 0.25) is 15.9 Å². The van der Waals surface area contributed by atoms with E-state index < -0.39 is 39.7 Å². The van der Waals surface area contributed by atoms with Crippen molar-refractivity contribution in [3.8, 4) is 10.4 Å². The lowest BCUT2D eigenvalue weighted by Gasteiger charge is -2.28. The Morgan fingerprint density at radius 3 is 2.56 bits per heavy atom. The van der Waals surface area contributed by atoms with Crippen molar-refractivity contribution in [1.29, 1.82) is 0 Å². The maximum atomic E-state index is 13.4. The predicted octanol–water partition coefficient (Wildman–Crippen LogP) is 4.45. The smallest absolute Gasteiger partial charge is 0.307 e. The molecule has 0 unspecified atom stereocenters. The highest BCUT2D eigenvalue weighted by Crippen LogP contribution is 2.36. The van der Waals surface area contributed by atoms with Gasteiger partial charge in [-0.3, -0.25) is 9.59 Å². The van der Waals surface area contributed by atoms with Crippen LogP contribution in [0.1, 0.15) is 22.9 Å². The number of halogens is 2. The molecular formula is C23H20ClFN2O5S2. The minimum absolute atomic E-state index is 0.0621. The largest absolute Gasteiger partial charge is 0.481 e. The highest BCUT2D eigenvalue weighted by molar-refractivity contribution is 7.89. The van der Waals surface area contributed by atoms with Crippen molar-refractivity contribution in [3.63, 3.8) is 0 Å². The Kier molecular flexibility index (Phi) is 7.04. The maximum absolute atomic E-state index is 13.4. The lowest BCUT2D eigenvalue weighted by atomic mass is 9.99. The Morgan fingerprint density at radius 1 is 1.15 bits per heavy atom. The van der Waals surface area contributed by atoms with Crippen LogP contribution in [0.5, 0.6) is 0 Å². The van der Waals surface area contributed by atoms with Crippen LogP contribution in [0.2, 0.25) is 5.02 Å². The van der Waals surface area contributed by atoms with Gasteiger partial charge in [0.05, 0.1) is 29.2 Å². The number of hydrogen-bond acceptors (Lipinski definition) is 5. The third kappa shape index (κ3) is 5.82. The van der Waals surface area contributed by atoms with E-state index >= 15 is 0 Å². The average molecular weight is 523 g/mol. The number of thiophene rings is 1. The molecule has 2 heterocycles. The number of sulfonamides is 1. The zero-order valence-corrected chi connectivity index (χ0v) is 20.0. The van der Waals surface area contributed by atoms with Crippen LogP contribution >= 0.6 is 22.9 Å². The summed E-state index contributed by atoms with van der Waals surface area (Å²) in [5.74, 6) is -3.16. The topological polar surface area (TPSA) is 113 Å². The maximum Gasteiger partial charge on any atom is 0.307 e. The van der Waals surface area contributed by atoms with Gasteiger partial charge in [0.25, 0.3) is 0 Å². The Labute approximate surface area is 204 Å². The molecule has 0 aliphatic carbocycles. The van der Waals surface area contributed by atoms with Crippen LogP contribution in [0.25, 0.3) is 10.4 Å². The van der Waals surface area contributed by atoms with E-state index in [0.717, 1.165) is 21.4 Å². The molecule has 1 amide bonds. The summed E-state index contributed by atoms with van der Waals surface area (Å²) in [6, 6.07) is 14.0. The summed E-state index contributed by atoms with van der Waals surface area (Å²) in [6.07, 6.45) is 0.199. The summed E-state index contributed by atoms with van der Waals surface area (Å²) >= 11 is 7.16. The Morgan fingerprint density at radius 2 is 1.88 bits per heavy atom. The molecular weight excluding hydrogens is 503 g/mol. The summed E-state index contributed by atoms with van der Waals surface area (Å²) in [6.45, 7) is 0. The summed E-state index contributed by atoms with van der Waals surface area (Å²) in [7, 11) is -3.70. The van der Waals surface area contributed by atoms with Gasteiger partial charge in [-0.05, 0) is 47.9 Å². The summed E-state index contributed by atoms with van der Waals surface area (Å²) in [4.78, 5) is 25.3. The number of carboxylic acid groups (broad SMARTS) is 1. The second kappa shape index (κ2) is 9.83. The third-order valence-electron chi connectivity index (χ3n) is 5.38. The lowest BCUT2D eigenvalue weighted by Crippen LogP contribution is -2.44. The molecule has 3 N–H and O–H groups in total. The van der Waals surface area contributed by atoms with Crippen LogP contribution in [0, 0.1) is 11.7 Å². The van der Waals surface area contributed by atoms with E-state index in [4.69, 9.17) is 16.7 Å². The second-order valence-corrected chi connectivity index (χ2v) is 11.3. The summed E-state index contributed by atoms with van der Waals surface area (Å²) in [5, 5.41) is 11.4. The molecule has 178 valence electrons. The molecule has 1 saturated heterocycles. The highest BCUT2D eigenvalue weighted by Gasteiger charge is 2.36.